The van der Waals surface area contributed by atoms with Crippen molar-refractivity contribution in [3.05, 3.63) is 274 Å². The molecule has 0 aliphatic rings. The molecule has 0 heterocycles. The highest BCUT2D eigenvalue weighted by atomic mass is 14.4. The Morgan fingerprint density at radius 3 is 0.472 bits per heavy atom. The molecular weight excluding hydrogens is 1270 g/mol. The molecule has 0 saturated heterocycles. The minimum absolute atomic E-state index is 0.102. The van der Waals surface area contributed by atoms with E-state index in [1.54, 1.807) is 0 Å². The first-order valence-corrected chi connectivity index (χ1v) is 39.4. The van der Waals surface area contributed by atoms with Gasteiger partial charge in [0.2, 0.25) is 0 Å². The number of hydrogen-bond donors (Lipinski definition) is 0. The first-order chi connectivity index (χ1) is 48.8. The molecule has 11 aromatic carbocycles. The second-order valence-electron chi connectivity index (χ2n) is 41.4. The summed E-state index contributed by atoms with van der Waals surface area (Å²) in [5.41, 5.74) is 36.2. The fourth-order valence-corrected chi connectivity index (χ4v) is 15.0. The van der Waals surface area contributed by atoms with Gasteiger partial charge in [-0.2, -0.15) is 0 Å². The van der Waals surface area contributed by atoms with Gasteiger partial charge in [0.15, 0.2) is 0 Å². The second-order valence-corrected chi connectivity index (χ2v) is 41.4. The van der Waals surface area contributed by atoms with Crippen molar-refractivity contribution in [2.75, 3.05) is 0 Å². The minimum atomic E-state index is -0.149. The molecule has 0 bridgehead atoms. The molecule has 550 valence electrons. The lowest BCUT2D eigenvalue weighted by molar-refractivity contribution is 0.568. The van der Waals surface area contributed by atoms with E-state index in [1.165, 1.54) is 156 Å². The van der Waals surface area contributed by atoms with E-state index in [2.05, 4.69) is 426 Å². The molecule has 0 aromatic heterocycles. The monoisotopic (exact) mass is 1400 g/mol. The molecule has 0 heteroatoms. The third-order valence-corrected chi connectivity index (χ3v) is 22.1. The topological polar surface area (TPSA) is 0 Å². The third kappa shape index (κ3) is 17.0. The fourth-order valence-electron chi connectivity index (χ4n) is 15.0. The summed E-state index contributed by atoms with van der Waals surface area (Å²) in [4.78, 5) is 0. The average molecular weight is 1400 g/mol. The van der Waals surface area contributed by atoms with Crippen LogP contribution in [0.25, 0.3) is 111 Å². The van der Waals surface area contributed by atoms with Crippen molar-refractivity contribution < 1.29 is 0 Å². The lowest BCUT2D eigenvalue weighted by atomic mass is 9.76. The molecule has 11 rings (SSSR count). The molecule has 0 amide bonds. The Balaban J connectivity index is 1.41. The molecule has 0 fully saturated rings. The van der Waals surface area contributed by atoms with Gasteiger partial charge in [0.25, 0.3) is 0 Å². The van der Waals surface area contributed by atoms with E-state index >= 15 is 0 Å². The lowest BCUT2D eigenvalue weighted by Crippen LogP contribution is -2.16. The van der Waals surface area contributed by atoms with Crippen LogP contribution in [0.1, 0.15) is 263 Å². The van der Waals surface area contributed by atoms with E-state index in [0.29, 0.717) is 0 Å². The Morgan fingerprint density at radius 1 is 0.123 bits per heavy atom. The normalized spacial score (nSPS) is 13.2. The Bertz CT molecular complexity index is 4460. The summed E-state index contributed by atoms with van der Waals surface area (Å²) in [5, 5.41) is 0. The first kappa shape index (κ1) is 78.5. The third-order valence-electron chi connectivity index (χ3n) is 22.1. The van der Waals surface area contributed by atoms with Crippen LogP contribution in [-0.2, 0) is 54.1 Å². The number of rotatable bonds is 10. The van der Waals surface area contributed by atoms with Crippen molar-refractivity contribution in [1.29, 1.82) is 0 Å². The standard InChI is InChI=1S/C106H126/c1-97(2,3)77-53-71(54-78(61-77)98(4,5)6)67-47-68(72-55-79(99(7,8)9)62-80(56-72)100(10,11)12)50-75(49-67)91-65-94(88-42-34-32-40-86(88)90-44-36-38-46-96(90)106(28,29)30)92(66-93(91)87-41-33-31-39-85(87)89-43-35-37-45-95(89)105(25,26)27)76-51-69(73-57-81(101(13,14)15)63-82(58-73)102(16,17)18)48-70(52-76)74-59-83(103(19,20)21)64-84(60-74)104(22,23)24/h31-66H,1-30H3. The van der Waals surface area contributed by atoms with Crippen LogP contribution >= 0.6 is 0 Å². The van der Waals surface area contributed by atoms with E-state index in [9.17, 15) is 0 Å². The average Bonchev–Trinajstić information content (AvgIpc) is 0.741. The zero-order valence-corrected chi connectivity index (χ0v) is 70.8. The van der Waals surface area contributed by atoms with Gasteiger partial charge in [0, 0.05) is 0 Å². The molecule has 0 N–H and O–H groups in total. The largest absolute Gasteiger partial charge is 0.0619 e. The molecule has 0 atom stereocenters. The Labute approximate surface area is 643 Å². The van der Waals surface area contributed by atoms with Gasteiger partial charge < -0.3 is 0 Å². The first-order valence-electron chi connectivity index (χ1n) is 39.4. The van der Waals surface area contributed by atoms with Crippen LogP contribution in [0.15, 0.2) is 218 Å². The molecule has 106 heavy (non-hydrogen) atoms. The van der Waals surface area contributed by atoms with Crippen LogP contribution in [0.4, 0.5) is 0 Å². The number of hydrogen-bond acceptors (Lipinski definition) is 0. The summed E-state index contributed by atoms with van der Waals surface area (Å²) < 4.78 is 0. The zero-order valence-electron chi connectivity index (χ0n) is 70.8. The van der Waals surface area contributed by atoms with Gasteiger partial charge in [-0.3, -0.25) is 0 Å². The van der Waals surface area contributed by atoms with E-state index in [-0.39, 0.29) is 54.1 Å². The molecule has 0 nitrogen and oxygen atoms in total. The highest BCUT2D eigenvalue weighted by Crippen LogP contribution is 2.52. The van der Waals surface area contributed by atoms with Gasteiger partial charge >= 0.3 is 0 Å². The molecule has 0 saturated carbocycles. The van der Waals surface area contributed by atoms with E-state index in [0.717, 1.165) is 11.1 Å². The molecule has 0 aliphatic carbocycles. The van der Waals surface area contributed by atoms with Gasteiger partial charge in [-0.15, -0.1) is 0 Å². The Morgan fingerprint density at radius 2 is 0.283 bits per heavy atom. The van der Waals surface area contributed by atoms with Crippen LogP contribution in [0.3, 0.4) is 0 Å². The summed E-state index contributed by atoms with van der Waals surface area (Å²) >= 11 is 0. The molecule has 11 aromatic rings. The summed E-state index contributed by atoms with van der Waals surface area (Å²) in [5.74, 6) is 0. The van der Waals surface area contributed by atoms with Gasteiger partial charge in [-0.25, -0.2) is 0 Å². The van der Waals surface area contributed by atoms with Gasteiger partial charge in [0.05, 0.1) is 0 Å². The molecule has 0 unspecified atom stereocenters. The summed E-state index contributed by atoms with van der Waals surface area (Å²) in [6.07, 6.45) is 0. The van der Waals surface area contributed by atoms with Crippen LogP contribution in [-0.4, -0.2) is 0 Å². The van der Waals surface area contributed by atoms with Gasteiger partial charge in [-0.1, -0.05) is 378 Å². The van der Waals surface area contributed by atoms with Crippen LogP contribution in [0.5, 0.6) is 0 Å². The fraction of sp³-hybridized carbons (Fsp3) is 0.377. The maximum Gasteiger partial charge on any atom is -0.00926 e. The Kier molecular flexibility index (Phi) is 20.7. The second kappa shape index (κ2) is 27.9. The maximum absolute atomic E-state index is 2.64. The smallest absolute Gasteiger partial charge is 0.00926 e. The number of benzene rings is 11. The SMILES string of the molecule is CC(C)(C)c1cc(-c2cc(-c3cc(C(C)(C)C)cc(C(C)(C)C)c3)cc(-c3cc(-c4ccccc4-c4ccccc4C(C)(C)C)c(-c4cc(-c5cc(C(C)(C)C)cc(C(C)(C)C)c5)cc(-c5cc(C(C)(C)C)cc(C(C)(C)C)c5)c4)cc3-c3ccccc3-c3ccccc3C(C)(C)C)c2)cc(C(C)(C)C)c1. The van der Waals surface area contributed by atoms with Gasteiger partial charge in [-0.05, 0) is 270 Å². The van der Waals surface area contributed by atoms with E-state index in [4.69, 9.17) is 0 Å². The van der Waals surface area contributed by atoms with E-state index < -0.39 is 0 Å². The molecule has 0 radical (unpaired) electrons. The van der Waals surface area contributed by atoms with Crippen molar-refractivity contribution in [1.82, 2.24) is 0 Å². The van der Waals surface area contributed by atoms with Crippen LogP contribution in [0, 0.1) is 0 Å². The minimum Gasteiger partial charge on any atom is -0.0619 e. The van der Waals surface area contributed by atoms with Crippen molar-refractivity contribution in [3.63, 3.8) is 0 Å². The van der Waals surface area contributed by atoms with Crippen molar-refractivity contribution >= 4 is 0 Å². The quantitative estimate of drug-likeness (QED) is 0.128. The molecule has 0 spiro atoms. The van der Waals surface area contributed by atoms with Crippen molar-refractivity contribution in [3.8, 4) is 111 Å². The summed E-state index contributed by atoms with van der Waals surface area (Å²) in [6.45, 7) is 71.0. The summed E-state index contributed by atoms with van der Waals surface area (Å²) in [7, 11) is 0. The lowest BCUT2D eigenvalue weighted by Gasteiger charge is -2.28. The highest BCUT2D eigenvalue weighted by molar-refractivity contribution is 6.03. The molecule has 0 aliphatic heterocycles. The predicted molar refractivity (Wildman–Crippen MR) is 468 cm³/mol. The van der Waals surface area contributed by atoms with Crippen molar-refractivity contribution in [2.24, 2.45) is 0 Å². The van der Waals surface area contributed by atoms with Crippen LogP contribution in [0.2, 0.25) is 0 Å². The predicted octanol–water partition coefficient (Wildman–Crippen LogP) is 31.3. The van der Waals surface area contributed by atoms with E-state index in [1.807, 2.05) is 0 Å². The van der Waals surface area contributed by atoms with Crippen molar-refractivity contribution in [2.45, 2.75) is 262 Å². The summed E-state index contributed by atoms with van der Waals surface area (Å²) in [6, 6.07) is 87.4. The Hall–Kier alpha value is -8.58. The maximum atomic E-state index is 2.64. The highest BCUT2D eigenvalue weighted by Gasteiger charge is 2.31. The molecular formula is C106H126. The van der Waals surface area contributed by atoms with Crippen LogP contribution < -0.4 is 0 Å². The zero-order chi connectivity index (χ0) is 77.8. The van der Waals surface area contributed by atoms with Gasteiger partial charge in [0.1, 0.15) is 0 Å².